The molecule has 2 atom stereocenters. The van der Waals surface area contributed by atoms with Gasteiger partial charge in [0.05, 0.1) is 23.9 Å². The summed E-state index contributed by atoms with van der Waals surface area (Å²) in [4.78, 5) is 27.4. The van der Waals surface area contributed by atoms with E-state index in [9.17, 15) is 9.59 Å². The molecule has 1 saturated heterocycles. The third-order valence-electron chi connectivity index (χ3n) is 6.50. The van der Waals surface area contributed by atoms with Gasteiger partial charge in [-0.25, -0.2) is 4.68 Å². The van der Waals surface area contributed by atoms with Crippen LogP contribution in [0.4, 0.5) is 0 Å². The molecule has 148 valence electrons. The lowest BCUT2D eigenvalue weighted by molar-refractivity contribution is -0.174. The third-order valence-corrected chi connectivity index (χ3v) is 6.50. The number of hydrogen-bond acceptors (Lipinski definition) is 4. The predicted molar refractivity (Wildman–Crippen MR) is 105 cm³/mol. The Labute approximate surface area is 165 Å². The van der Waals surface area contributed by atoms with Gasteiger partial charge in [-0.3, -0.25) is 9.59 Å². The number of aryl methyl sites for hydroxylation is 2. The number of methoxy groups -OCH3 is 1. The maximum atomic E-state index is 13.1. The van der Waals surface area contributed by atoms with Crippen LogP contribution < -0.4 is 0 Å². The second kappa shape index (κ2) is 6.19. The number of rotatable bonds is 3. The highest BCUT2D eigenvalue weighted by atomic mass is 16.5. The van der Waals surface area contributed by atoms with Crippen molar-refractivity contribution in [1.82, 2.24) is 14.7 Å². The third kappa shape index (κ3) is 2.65. The van der Waals surface area contributed by atoms with E-state index in [2.05, 4.69) is 18.9 Å². The van der Waals surface area contributed by atoms with Crippen LogP contribution in [0.3, 0.4) is 0 Å². The van der Waals surface area contributed by atoms with Gasteiger partial charge in [-0.05, 0) is 61.9 Å². The fourth-order valence-corrected chi connectivity index (χ4v) is 5.34. The summed E-state index contributed by atoms with van der Waals surface area (Å²) in [6.07, 6.45) is 0.762. The maximum Gasteiger partial charge on any atom is 0.314 e. The zero-order chi connectivity index (χ0) is 20.3. The molecule has 28 heavy (non-hydrogen) atoms. The van der Waals surface area contributed by atoms with E-state index in [0.29, 0.717) is 18.7 Å². The Balaban J connectivity index is 1.55. The van der Waals surface area contributed by atoms with Gasteiger partial charge >= 0.3 is 5.97 Å². The van der Waals surface area contributed by atoms with Gasteiger partial charge in [0.15, 0.2) is 0 Å². The molecule has 1 amide bonds. The number of carbonyl (C=O) groups excluding carboxylic acids is 2. The van der Waals surface area contributed by atoms with Crippen molar-refractivity contribution in [2.24, 2.45) is 16.7 Å². The summed E-state index contributed by atoms with van der Waals surface area (Å²) in [7, 11) is 1.43. The average molecular weight is 381 g/mol. The maximum absolute atomic E-state index is 13.1. The number of nitrogens with zero attached hydrogens (tertiary/aromatic N) is 3. The van der Waals surface area contributed by atoms with E-state index in [1.54, 1.807) is 0 Å². The summed E-state index contributed by atoms with van der Waals surface area (Å²) in [5.74, 6) is -0.0780. The van der Waals surface area contributed by atoms with Crippen LogP contribution in [0, 0.1) is 30.6 Å². The normalized spacial score (nSPS) is 25.2. The van der Waals surface area contributed by atoms with E-state index in [1.807, 2.05) is 53.8 Å². The monoisotopic (exact) mass is 381 g/mol. The van der Waals surface area contributed by atoms with Crippen molar-refractivity contribution < 1.29 is 14.3 Å². The van der Waals surface area contributed by atoms with Gasteiger partial charge in [0.1, 0.15) is 0 Å². The van der Waals surface area contributed by atoms with Crippen LogP contribution in [-0.4, -0.2) is 46.8 Å². The van der Waals surface area contributed by atoms with Gasteiger partial charge in [0.25, 0.3) is 5.91 Å². The summed E-state index contributed by atoms with van der Waals surface area (Å²) in [5.41, 5.74) is 3.07. The zero-order valence-corrected chi connectivity index (χ0v) is 17.2. The van der Waals surface area contributed by atoms with E-state index in [-0.39, 0.29) is 23.2 Å². The molecule has 0 radical (unpaired) electrons. The summed E-state index contributed by atoms with van der Waals surface area (Å²) in [6.45, 7) is 9.33. The molecule has 2 aromatic rings. The largest absolute Gasteiger partial charge is 0.469 e. The molecule has 1 aliphatic carbocycles. The Morgan fingerprint density at radius 3 is 2.39 bits per heavy atom. The molecule has 2 aliphatic rings. The van der Waals surface area contributed by atoms with E-state index >= 15 is 0 Å². The standard InChI is InChI=1S/C22H27N3O3/c1-14-10-15(2)25(23-14)17-8-6-16(7-9-17)19(26)24-11-18-21(3,4)12-22(18,13-24)20(27)28-5/h6-10,18H,11-13H2,1-5H3/t18-,22+/m1/s1. The minimum atomic E-state index is -0.544. The highest BCUT2D eigenvalue weighted by Gasteiger charge is 2.68. The molecule has 4 rings (SSSR count). The molecule has 2 fully saturated rings. The van der Waals surface area contributed by atoms with E-state index in [0.717, 1.165) is 23.5 Å². The molecular formula is C22H27N3O3. The minimum Gasteiger partial charge on any atom is -0.469 e. The highest BCUT2D eigenvalue weighted by molar-refractivity contribution is 5.95. The molecule has 1 saturated carbocycles. The molecule has 0 bridgehead atoms. The van der Waals surface area contributed by atoms with Gasteiger partial charge in [-0.1, -0.05) is 13.8 Å². The lowest BCUT2D eigenvalue weighted by Crippen LogP contribution is -2.57. The van der Waals surface area contributed by atoms with Crippen molar-refractivity contribution in [2.75, 3.05) is 20.2 Å². The number of ether oxygens (including phenoxy) is 1. The molecular weight excluding hydrogens is 354 g/mol. The number of benzene rings is 1. The molecule has 6 nitrogen and oxygen atoms in total. The molecule has 1 aromatic heterocycles. The number of carbonyl (C=O) groups is 2. The first-order chi connectivity index (χ1) is 13.2. The molecule has 0 unspecified atom stereocenters. The Kier molecular flexibility index (Phi) is 4.14. The Morgan fingerprint density at radius 2 is 1.86 bits per heavy atom. The molecule has 1 aromatic carbocycles. The van der Waals surface area contributed by atoms with Gasteiger partial charge in [0.2, 0.25) is 0 Å². The van der Waals surface area contributed by atoms with Crippen molar-refractivity contribution >= 4 is 11.9 Å². The van der Waals surface area contributed by atoms with Crippen LogP contribution in [0.2, 0.25) is 0 Å². The van der Waals surface area contributed by atoms with Crippen LogP contribution in [0.15, 0.2) is 30.3 Å². The Bertz CT molecular complexity index is 944. The highest BCUT2D eigenvalue weighted by Crippen LogP contribution is 2.63. The number of esters is 1. The molecule has 0 spiro atoms. The van der Waals surface area contributed by atoms with Gasteiger partial charge in [-0.15, -0.1) is 0 Å². The minimum absolute atomic E-state index is 0.0339. The molecule has 1 aliphatic heterocycles. The number of hydrogen-bond donors (Lipinski definition) is 0. The SMILES string of the molecule is COC(=O)[C@@]12CN(C(=O)c3ccc(-n4nc(C)cc4C)cc3)C[C@@H]1C(C)(C)C2. The van der Waals surface area contributed by atoms with Gasteiger partial charge in [-0.2, -0.15) is 5.10 Å². The Morgan fingerprint density at radius 1 is 1.18 bits per heavy atom. The van der Waals surface area contributed by atoms with E-state index < -0.39 is 5.41 Å². The van der Waals surface area contributed by atoms with Crippen molar-refractivity contribution in [1.29, 1.82) is 0 Å². The van der Waals surface area contributed by atoms with E-state index in [4.69, 9.17) is 4.74 Å². The van der Waals surface area contributed by atoms with Crippen LogP contribution >= 0.6 is 0 Å². The first-order valence-electron chi connectivity index (χ1n) is 9.69. The van der Waals surface area contributed by atoms with Gasteiger partial charge < -0.3 is 9.64 Å². The summed E-state index contributed by atoms with van der Waals surface area (Å²) in [5, 5.41) is 4.48. The molecule has 0 N–H and O–H groups in total. The second-order valence-corrected chi connectivity index (χ2v) is 8.94. The fraction of sp³-hybridized carbons (Fsp3) is 0.500. The quantitative estimate of drug-likeness (QED) is 0.766. The van der Waals surface area contributed by atoms with Crippen molar-refractivity contribution in [2.45, 2.75) is 34.1 Å². The lowest BCUT2D eigenvalue weighted by Gasteiger charge is -2.54. The summed E-state index contributed by atoms with van der Waals surface area (Å²) >= 11 is 0. The van der Waals surface area contributed by atoms with Crippen LogP contribution in [0.5, 0.6) is 0 Å². The fourth-order valence-electron chi connectivity index (χ4n) is 5.34. The van der Waals surface area contributed by atoms with Crippen molar-refractivity contribution in [3.63, 3.8) is 0 Å². The summed E-state index contributed by atoms with van der Waals surface area (Å²) < 4.78 is 6.95. The Hall–Kier alpha value is -2.63. The van der Waals surface area contributed by atoms with Crippen LogP contribution in [0.1, 0.15) is 42.0 Å². The number of likely N-dealkylation sites (tertiary alicyclic amines) is 1. The average Bonchev–Trinajstić information content (AvgIpc) is 3.18. The smallest absolute Gasteiger partial charge is 0.314 e. The lowest BCUT2D eigenvalue weighted by atomic mass is 9.48. The van der Waals surface area contributed by atoms with Crippen molar-refractivity contribution in [3.05, 3.63) is 47.3 Å². The number of fused-ring (bicyclic) bond motifs is 1. The number of amides is 1. The van der Waals surface area contributed by atoms with Crippen molar-refractivity contribution in [3.8, 4) is 5.69 Å². The predicted octanol–water partition coefficient (Wildman–Crippen LogP) is 3.15. The zero-order valence-electron chi connectivity index (χ0n) is 17.2. The summed E-state index contributed by atoms with van der Waals surface area (Å²) in [6, 6.07) is 9.52. The topological polar surface area (TPSA) is 64.4 Å². The first-order valence-corrected chi connectivity index (χ1v) is 9.69. The van der Waals surface area contributed by atoms with Crippen LogP contribution in [-0.2, 0) is 9.53 Å². The molecule has 6 heteroatoms. The first kappa shape index (κ1) is 18.7. The van der Waals surface area contributed by atoms with Gasteiger partial charge in [0, 0.05) is 24.3 Å². The number of aromatic nitrogens is 2. The second-order valence-electron chi connectivity index (χ2n) is 8.94. The van der Waals surface area contributed by atoms with Crippen LogP contribution in [0.25, 0.3) is 5.69 Å². The van der Waals surface area contributed by atoms with E-state index in [1.165, 1.54) is 7.11 Å². The molecule has 2 heterocycles.